The Labute approximate surface area is 335 Å². The molecule has 0 saturated carbocycles. The lowest BCUT2D eigenvalue weighted by atomic mass is 9.85. The zero-order chi connectivity index (χ0) is 38.7. The summed E-state index contributed by atoms with van der Waals surface area (Å²) >= 11 is 0. The molecule has 1 heterocycles. The van der Waals surface area contributed by atoms with Gasteiger partial charge in [-0.3, -0.25) is 0 Å². The quantitative estimate of drug-likeness (QED) is 0.150. The highest BCUT2D eigenvalue weighted by atomic mass is 15.0. The first kappa shape index (κ1) is 34.8. The van der Waals surface area contributed by atoms with Gasteiger partial charge in [-0.05, 0) is 119 Å². The van der Waals surface area contributed by atoms with Crippen LogP contribution in [0.1, 0.15) is 33.3 Å². The SMILES string of the molecule is CCn1c2ccc(-c3ccc(-c4ccc(-c5c6ccccc6c(-c6ccc(-c7ccccc7)cc6)c6ccccc56)cc4)cc3)cc2c2cc(C(C)(C)C)ccc21. The van der Waals surface area contributed by atoms with Crippen molar-refractivity contribution < 1.29 is 0 Å². The number of aryl methyl sites for hydroxylation is 1. The van der Waals surface area contributed by atoms with Gasteiger partial charge in [0.25, 0.3) is 0 Å². The summed E-state index contributed by atoms with van der Waals surface area (Å²) < 4.78 is 2.44. The molecular weight excluding hydrogens is 687 g/mol. The monoisotopic (exact) mass is 731 g/mol. The van der Waals surface area contributed by atoms with Gasteiger partial charge in [-0.2, -0.15) is 0 Å². The van der Waals surface area contributed by atoms with E-state index in [-0.39, 0.29) is 5.41 Å². The predicted molar refractivity (Wildman–Crippen MR) is 246 cm³/mol. The van der Waals surface area contributed by atoms with E-state index in [1.807, 2.05) is 0 Å². The number of aromatic nitrogens is 1. The van der Waals surface area contributed by atoms with Crippen molar-refractivity contribution in [3.8, 4) is 55.6 Å². The minimum absolute atomic E-state index is 0.100. The molecule has 1 heteroatoms. The van der Waals surface area contributed by atoms with Gasteiger partial charge in [0.2, 0.25) is 0 Å². The van der Waals surface area contributed by atoms with Gasteiger partial charge >= 0.3 is 0 Å². The molecule has 0 aliphatic carbocycles. The van der Waals surface area contributed by atoms with E-state index in [9.17, 15) is 0 Å². The smallest absolute Gasteiger partial charge is 0.0491 e. The molecule has 10 aromatic rings. The van der Waals surface area contributed by atoms with Gasteiger partial charge < -0.3 is 4.57 Å². The fourth-order valence-corrected chi connectivity index (χ4v) is 8.99. The van der Waals surface area contributed by atoms with Gasteiger partial charge in [0.1, 0.15) is 0 Å². The molecule has 0 unspecified atom stereocenters. The van der Waals surface area contributed by atoms with E-state index in [4.69, 9.17) is 0 Å². The summed E-state index contributed by atoms with van der Waals surface area (Å²) in [7, 11) is 0. The average Bonchev–Trinajstić information content (AvgIpc) is 3.58. The van der Waals surface area contributed by atoms with Gasteiger partial charge in [0, 0.05) is 28.4 Å². The minimum Gasteiger partial charge on any atom is -0.341 e. The molecule has 0 aliphatic heterocycles. The predicted octanol–water partition coefficient (Wildman–Crippen LogP) is 15.8. The van der Waals surface area contributed by atoms with Crippen LogP contribution >= 0.6 is 0 Å². The van der Waals surface area contributed by atoms with Crippen LogP contribution in [0.2, 0.25) is 0 Å². The van der Waals surface area contributed by atoms with Crippen LogP contribution in [0, 0.1) is 0 Å². The minimum atomic E-state index is 0.100. The highest BCUT2D eigenvalue weighted by molar-refractivity contribution is 6.21. The van der Waals surface area contributed by atoms with Crippen molar-refractivity contribution >= 4 is 43.4 Å². The van der Waals surface area contributed by atoms with Crippen LogP contribution in [-0.2, 0) is 12.0 Å². The fourth-order valence-electron chi connectivity index (χ4n) is 8.99. The number of rotatable bonds is 6. The van der Waals surface area contributed by atoms with E-state index in [0.29, 0.717) is 0 Å². The summed E-state index contributed by atoms with van der Waals surface area (Å²) in [6.07, 6.45) is 0. The zero-order valence-electron chi connectivity index (χ0n) is 33.1. The average molecular weight is 732 g/mol. The number of fused-ring (bicyclic) bond motifs is 5. The maximum absolute atomic E-state index is 2.44. The molecule has 0 bridgehead atoms. The Morgan fingerprint density at radius 3 is 1.12 bits per heavy atom. The molecule has 1 nitrogen and oxygen atoms in total. The van der Waals surface area contributed by atoms with Crippen molar-refractivity contribution in [1.29, 1.82) is 0 Å². The van der Waals surface area contributed by atoms with Gasteiger partial charge in [0.15, 0.2) is 0 Å². The topological polar surface area (TPSA) is 4.93 Å². The number of nitrogens with zero attached hydrogens (tertiary/aromatic N) is 1. The Balaban J connectivity index is 0.997. The third-order valence-corrected chi connectivity index (χ3v) is 12.0. The van der Waals surface area contributed by atoms with Crippen LogP contribution in [0.4, 0.5) is 0 Å². The molecule has 57 heavy (non-hydrogen) atoms. The van der Waals surface area contributed by atoms with Crippen molar-refractivity contribution in [1.82, 2.24) is 4.57 Å². The fraction of sp³-hybridized carbons (Fsp3) is 0.107. The summed E-state index contributed by atoms with van der Waals surface area (Å²) in [4.78, 5) is 0. The Kier molecular flexibility index (Phi) is 8.42. The highest BCUT2D eigenvalue weighted by Crippen LogP contribution is 2.44. The van der Waals surface area contributed by atoms with Gasteiger partial charge in [-0.1, -0.05) is 185 Å². The van der Waals surface area contributed by atoms with Crippen molar-refractivity contribution in [3.05, 3.63) is 194 Å². The largest absolute Gasteiger partial charge is 0.341 e. The Morgan fingerprint density at radius 2 is 0.684 bits per heavy atom. The van der Waals surface area contributed by atoms with E-state index in [2.05, 4.69) is 220 Å². The number of benzene rings is 9. The molecule has 0 aliphatic rings. The third kappa shape index (κ3) is 6.03. The van der Waals surface area contributed by atoms with Crippen molar-refractivity contribution in [2.75, 3.05) is 0 Å². The lowest BCUT2D eigenvalue weighted by Crippen LogP contribution is -2.10. The van der Waals surface area contributed by atoms with Gasteiger partial charge in [0.05, 0.1) is 0 Å². The second kappa shape index (κ2) is 13.8. The maximum Gasteiger partial charge on any atom is 0.0491 e. The molecule has 10 rings (SSSR count). The second-order valence-electron chi connectivity index (χ2n) is 16.4. The van der Waals surface area contributed by atoms with Crippen LogP contribution in [0.15, 0.2) is 188 Å². The summed E-state index contributed by atoms with van der Waals surface area (Å²) in [6.45, 7) is 10.1. The summed E-state index contributed by atoms with van der Waals surface area (Å²) in [6, 6.07) is 69.7. The molecule has 0 atom stereocenters. The van der Waals surface area contributed by atoms with E-state index < -0.39 is 0 Å². The van der Waals surface area contributed by atoms with Gasteiger partial charge in [-0.25, -0.2) is 0 Å². The summed E-state index contributed by atoms with van der Waals surface area (Å²) in [5.74, 6) is 0. The summed E-state index contributed by atoms with van der Waals surface area (Å²) in [5.41, 5.74) is 16.5. The lowest BCUT2D eigenvalue weighted by Gasteiger charge is -2.19. The lowest BCUT2D eigenvalue weighted by molar-refractivity contribution is 0.591. The Hall–Kier alpha value is -6.70. The molecule has 0 amide bonds. The van der Waals surface area contributed by atoms with Crippen molar-refractivity contribution in [2.45, 2.75) is 39.7 Å². The molecule has 274 valence electrons. The normalized spacial score (nSPS) is 11.9. The van der Waals surface area contributed by atoms with E-state index in [1.165, 1.54) is 105 Å². The Morgan fingerprint density at radius 1 is 0.333 bits per heavy atom. The first-order valence-electron chi connectivity index (χ1n) is 20.2. The van der Waals surface area contributed by atoms with Crippen LogP contribution in [0.25, 0.3) is 99.0 Å². The summed E-state index contributed by atoms with van der Waals surface area (Å²) in [5, 5.41) is 7.73. The van der Waals surface area contributed by atoms with Crippen molar-refractivity contribution in [2.24, 2.45) is 0 Å². The van der Waals surface area contributed by atoms with E-state index in [0.717, 1.165) is 6.54 Å². The van der Waals surface area contributed by atoms with Crippen LogP contribution in [0.3, 0.4) is 0 Å². The molecule has 0 N–H and O–H groups in total. The number of hydrogen-bond acceptors (Lipinski definition) is 0. The number of hydrogen-bond donors (Lipinski definition) is 0. The molecular formula is C56H45N. The zero-order valence-corrected chi connectivity index (χ0v) is 33.1. The van der Waals surface area contributed by atoms with Crippen LogP contribution < -0.4 is 0 Å². The third-order valence-electron chi connectivity index (χ3n) is 12.0. The second-order valence-corrected chi connectivity index (χ2v) is 16.4. The van der Waals surface area contributed by atoms with E-state index in [1.54, 1.807) is 0 Å². The molecule has 9 aromatic carbocycles. The first-order valence-corrected chi connectivity index (χ1v) is 20.2. The van der Waals surface area contributed by atoms with Crippen LogP contribution in [-0.4, -0.2) is 4.57 Å². The van der Waals surface area contributed by atoms with Crippen LogP contribution in [0.5, 0.6) is 0 Å². The molecule has 0 saturated heterocycles. The van der Waals surface area contributed by atoms with Gasteiger partial charge in [-0.15, -0.1) is 0 Å². The maximum atomic E-state index is 2.44. The highest BCUT2D eigenvalue weighted by Gasteiger charge is 2.19. The standard InChI is InChI=1S/C56H45N/c1-5-57-52-33-31-44(35-50(52)51-36-45(56(2,3)4)32-34-53(51)57)41-21-19-39(20-22-41)40-25-29-43(30-26-40)55-48-17-11-9-15-46(48)54(47-16-10-12-18-49(47)55)42-27-23-38(24-28-42)37-13-7-6-8-14-37/h6-36H,5H2,1-4H3. The van der Waals surface area contributed by atoms with Crippen molar-refractivity contribution in [3.63, 3.8) is 0 Å². The Bertz CT molecular complexity index is 3030. The molecule has 0 spiro atoms. The molecule has 0 radical (unpaired) electrons. The first-order chi connectivity index (χ1) is 27.9. The van der Waals surface area contributed by atoms with E-state index >= 15 is 0 Å². The molecule has 0 fully saturated rings. The molecule has 1 aromatic heterocycles.